The molecular weight excluding hydrogens is 302 g/mol. The normalized spacial score (nSPS) is 12.0. The second-order valence-electron chi connectivity index (χ2n) is 8.51. The molecule has 0 aliphatic heterocycles. The molecular formula is C19H31N3O2. The Morgan fingerprint density at radius 2 is 1.08 bits per heavy atom. The van der Waals surface area contributed by atoms with Gasteiger partial charge in [-0.15, -0.1) is 0 Å². The highest BCUT2D eigenvalue weighted by atomic mass is 16.2. The van der Waals surface area contributed by atoms with E-state index in [1.807, 2.05) is 67.5 Å². The summed E-state index contributed by atoms with van der Waals surface area (Å²) in [6.07, 6.45) is 0. The number of carbonyl (C=O) groups excluding carboxylic acids is 2. The van der Waals surface area contributed by atoms with Crippen molar-refractivity contribution >= 4 is 28.9 Å². The molecule has 0 aliphatic rings. The van der Waals surface area contributed by atoms with Crippen molar-refractivity contribution in [2.24, 2.45) is 10.8 Å². The lowest BCUT2D eigenvalue weighted by molar-refractivity contribution is -0.123. The summed E-state index contributed by atoms with van der Waals surface area (Å²) < 4.78 is 0. The van der Waals surface area contributed by atoms with Gasteiger partial charge in [0.1, 0.15) is 0 Å². The summed E-state index contributed by atoms with van der Waals surface area (Å²) in [4.78, 5) is 24.5. The highest BCUT2D eigenvalue weighted by Crippen LogP contribution is 2.27. The van der Waals surface area contributed by atoms with Gasteiger partial charge in [0, 0.05) is 33.9 Å². The maximum Gasteiger partial charge on any atom is 0.229 e. The third-order valence-corrected chi connectivity index (χ3v) is 3.27. The summed E-state index contributed by atoms with van der Waals surface area (Å²) in [6, 6.07) is 5.76. The SMILES string of the molecule is CC(C)Nc1cc(NC(=O)C(C)(C)C)cc(NC(=O)C(C)(C)C)c1. The largest absolute Gasteiger partial charge is 0.383 e. The smallest absolute Gasteiger partial charge is 0.229 e. The summed E-state index contributed by atoms with van der Waals surface area (Å²) in [5, 5.41) is 9.14. The standard InChI is InChI=1S/C19H31N3O2/c1-12(2)20-13-9-14(21-16(23)18(3,4)5)11-15(10-13)22-17(24)19(6,7)8/h9-12,20H,1-8H3,(H,21,23)(H,22,24). The molecule has 1 rings (SSSR count). The Morgan fingerprint density at radius 3 is 1.38 bits per heavy atom. The van der Waals surface area contributed by atoms with E-state index in [9.17, 15) is 9.59 Å². The molecule has 1 aromatic carbocycles. The van der Waals surface area contributed by atoms with Crippen molar-refractivity contribution in [1.82, 2.24) is 0 Å². The molecule has 0 fully saturated rings. The van der Waals surface area contributed by atoms with E-state index in [1.165, 1.54) is 0 Å². The zero-order valence-electron chi connectivity index (χ0n) is 16.1. The van der Waals surface area contributed by atoms with Crippen molar-refractivity contribution in [3.8, 4) is 0 Å². The Morgan fingerprint density at radius 1 is 0.750 bits per heavy atom. The maximum atomic E-state index is 12.2. The second-order valence-corrected chi connectivity index (χ2v) is 8.51. The number of hydrogen-bond donors (Lipinski definition) is 3. The topological polar surface area (TPSA) is 70.2 Å². The predicted octanol–water partition coefficient (Wildman–Crippen LogP) is 4.48. The Kier molecular flexibility index (Phi) is 6.04. The van der Waals surface area contributed by atoms with Gasteiger partial charge in [-0.05, 0) is 32.0 Å². The third-order valence-electron chi connectivity index (χ3n) is 3.27. The molecule has 0 heterocycles. The van der Waals surface area contributed by atoms with Crippen LogP contribution in [0.25, 0.3) is 0 Å². The molecule has 5 heteroatoms. The Bertz CT molecular complexity index is 562. The van der Waals surface area contributed by atoms with Crippen LogP contribution in [0.4, 0.5) is 17.1 Å². The average molecular weight is 333 g/mol. The first-order valence-electron chi connectivity index (χ1n) is 8.33. The zero-order valence-corrected chi connectivity index (χ0v) is 16.1. The van der Waals surface area contributed by atoms with Gasteiger partial charge >= 0.3 is 0 Å². The number of benzene rings is 1. The number of anilines is 3. The van der Waals surface area contributed by atoms with Gasteiger partial charge in [0.25, 0.3) is 0 Å². The highest BCUT2D eigenvalue weighted by Gasteiger charge is 2.23. The molecule has 0 saturated carbocycles. The highest BCUT2D eigenvalue weighted by molar-refractivity contribution is 5.98. The van der Waals surface area contributed by atoms with E-state index in [4.69, 9.17) is 0 Å². The lowest BCUT2D eigenvalue weighted by atomic mass is 9.95. The summed E-state index contributed by atoms with van der Waals surface area (Å²) in [5.74, 6) is -0.144. The molecule has 0 unspecified atom stereocenters. The number of nitrogens with one attached hydrogen (secondary N) is 3. The first-order chi connectivity index (χ1) is 10.8. The van der Waals surface area contributed by atoms with Crippen LogP contribution in [0.5, 0.6) is 0 Å². The molecule has 0 radical (unpaired) electrons. The van der Waals surface area contributed by atoms with Crippen LogP contribution >= 0.6 is 0 Å². The maximum absolute atomic E-state index is 12.2. The average Bonchev–Trinajstić information content (AvgIpc) is 2.34. The van der Waals surface area contributed by atoms with Crippen molar-refractivity contribution in [1.29, 1.82) is 0 Å². The summed E-state index contributed by atoms with van der Waals surface area (Å²) in [7, 11) is 0. The van der Waals surface area contributed by atoms with Crippen molar-refractivity contribution in [3.63, 3.8) is 0 Å². The minimum atomic E-state index is -0.490. The first-order valence-corrected chi connectivity index (χ1v) is 8.33. The molecule has 134 valence electrons. The van der Waals surface area contributed by atoms with Gasteiger partial charge in [-0.1, -0.05) is 41.5 Å². The fourth-order valence-corrected chi connectivity index (χ4v) is 1.83. The molecule has 0 bridgehead atoms. The van der Waals surface area contributed by atoms with Crippen molar-refractivity contribution in [2.75, 3.05) is 16.0 Å². The molecule has 0 spiro atoms. The molecule has 0 aromatic heterocycles. The molecule has 0 aliphatic carbocycles. The van der Waals surface area contributed by atoms with Gasteiger partial charge in [0.05, 0.1) is 0 Å². The number of carbonyl (C=O) groups is 2. The van der Waals surface area contributed by atoms with Crippen LogP contribution in [0.1, 0.15) is 55.4 Å². The van der Waals surface area contributed by atoms with Crippen LogP contribution in [0, 0.1) is 10.8 Å². The van der Waals surface area contributed by atoms with Crippen LogP contribution in [0.15, 0.2) is 18.2 Å². The van der Waals surface area contributed by atoms with E-state index in [0.717, 1.165) is 5.69 Å². The second kappa shape index (κ2) is 7.24. The minimum Gasteiger partial charge on any atom is -0.383 e. The van der Waals surface area contributed by atoms with E-state index in [2.05, 4.69) is 16.0 Å². The van der Waals surface area contributed by atoms with Gasteiger partial charge < -0.3 is 16.0 Å². The summed E-state index contributed by atoms with van der Waals surface area (Å²) in [6.45, 7) is 15.2. The fourth-order valence-electron chi connectivity index (χ4n) is 1.83. The molecule has 0 atom stereocenters. The lowest BCUT2D eigenvalue weighted by Crippen LogP contribution is -2.29. The van der Waals surface area contributed by atoms with E-state index in [0.29, 0.717) is 11.4 Å². The van der Waals surface area contributed by atoms with E-state index in [-0.39, 0.29) is 17.9 Å². The van der Waals surface area contributed by atoms with Crippen LogP contribution in [-0.4, -0.2) is 17.9 Å². The number of amides is 2. The van der Waals surface area contributed by atoms with Gasteiger partial charge in [-0.3, -0.25) is 9.59 Å². The van der Waals surface area contributed by atoms with Crippen LogP contribution < -0.4 is 16.0 Å². The van der Waals surface area contributed by atoms with Gasteiger partial charge in [0.2, 0.25) is 11.8 Å². The van der Waals surface area contributed by atoms with Gasteiger partial charge in [-0.25, -0.2) is 0 Å². The molecule has 1 aromatic rings. The van der Waals surface area contributed by atoms with Crippen LogP contribution in [0.3, 0.4) is 0 Å². The molecule has 2 amide bonds. The number of rotatable bonds is 4. The minimum absolute atomic E-state index is 0.0719. The van der Waals surface area contributed by atoms with Gasteiger partial charge in [-0.2, -0.15) is 0 Å². The molecule has 3 N–H and O–H groups in total. The molecule has 5 nitrogen and oxygen atoms in total. The van der Waals surface area contributed by atoms with Gasteiger partial charge in [0.15, 0.2) is 0 Å². The summed E-state index contributed by atoms with van der Waals surface area (Å²) >= 11 is 0. The predicted molar refractivity (Wildman–Crippen MR) is 101 cm³/mol. The van der Waals surface area contributed by atoms with E-state index >= 15 is 0 Å². The summed E-state index contributed by atoms with van der Waals surface area (Å²) in [5.41, 5.74) is 1.18. The van der Waals surface area contributed by atoms with Crippen molar-refractivity contribution in [2.45, 2.75) is 61.4 Å². The lowest BCUT2D eigenvalue weighted by Gasteiger charge is -2.21. The van der Waals surface area contributed by atoms with Crippen molar-refractivity contribution in [3.05, 3.63) is 18.2 Å². The number of hydrogen-bond acceptors (Lipinski definition) is 3. The fraction of sp³-hybridized carbons (Fsp3) is 0.579. The van der Waals surface area contributed by atoms with E-state index in [1.54, 1.807) is 6.07 Å². The Labute approximate surface area is 145 Å². The van der Waals surface area contributed by atoms with E-state index < -0.39 is 10.8 Å². The monoisotopic (exact) mass is 333 g/mol. The molecule has 24 heavy (non-hydrogen) atoms. The Hall–Kier alpha value is -2.04. The zero-order chi connectivity index (χ0) is 18.7. The van der Waals surface area contributed by atoms with Crippen LogP contribution in [-0.2, 0) is 9.59 Å². The van der Waals surface area contributed by atoms with Crippen molar-refractivity contribution < 1.29 is 9.59 Å². The molecule has 0 saturated heterocycles. The third kappa shape index (κ3) is 6.22. The first kappa shape index (κ1) is 20.0. The quantitative estimate of drug-likeness (QED) is 0.761. The Balaban J connectivity index is 3.13. The van der Waals surface area contributed by atoms with Crippen LogP contribution in [0.2, 0.25) is 0 Å².